The summed E-state index contributed by atoms with van der Waals surface area (Å²) in [4.78, 5) is 22.4. The number of rotatable bonds is 4. The second-order valence-electron chi connectivity index (χ2n) is 7.28. The average Bonchev–Trinajstić information content (AvgIpc) is 2.64. The molecule has 0 aromatic rings. The molecule has 5 nitrogen and oxygen atoms in total. The van der Waals surface area contributed by atoms with Crippen LogP contribution in [0.2, 0.25) is 0 Å². The van der Waals surface area contributed by atoms with Gasteiger partial charge in [-0.25, -0.2) is 9.98 Å². The Labute approximate surface area is 138 Å². The monoisotopic (exact) mass is 317 g/mol. The van der Waals surface area contributed by atoms with Crippen molar-refractivity contribution < 1.29 is 9.53 Å². The Bertz CT molecular complexity index is 555. The maximum atomic E-state index is 11.2. The number of carbonyl (C=O) groups is 1. The Balaban J connectivity index is 1.94. The molecule has 0 N–H and O–H groups in total. The molecule has 0 radical (unpaired) electrons. The molecule has 0 bridgehead atoms. The van der Waals surface area contributed by atoms with E-state index in [-0.39, 0.29) is 5.60 Å². The second-order valence-corrected chi connectivity index (χ2v) is 7.28. The lowest BCUT2D eigenvalue weighted by atomic mass is 9.92. The smallest absolute Gasteiger partial charge is 0.238 e. The van der Waals surface area contributed by atoms with Gasteiger partial charge in [-0.3, -0.25) is 4.90 Å². The molecule has 0 amide bonds. The largest absolute Gasteiger partial charge is 0.471 e. The van der Waals surface area contributed by atoms with E-state index in [1.54, 1.807) is 19.3 Å². The van der Waals surface area contributed by atoms with Crippen molar-refractivity contribution in [1.82, 2.24) is 4.90 Å². The topological polar surface area (TPSA) is 54.3 Å². The van der Waals surface area contributed by atoms with Gasteiger partial charge in [0, 0.05) is 13.0 Å². The maximum absolute atomic E-state index is 11.2. The first-order chi connectivity index (χ1) is 10.8. The number of likely N-dealkylation sites (tertiary alicyclic amines) is 1. The molecule has 0 spiro atoms. The molecular formula is C18H27N3O2. The lowest BCUT2D eigenvalue weighted by molar-refractivity contribution is -0.118. The van der Waals surface area contributed by atoms with Gasteiger partial charge in [0.1, 0.15) is 17.1 Å². The van der Waals surface area contributed by atoms with E-state index in [9.17, 15) is 4.79 Å². The highest BCUT2D eigenvalue weighted by molar-refractivity contribution is 6.40. The summed E-state index contributed by atoms with van der Waals surface area (Å²) in [6, 6.07) is 0. The van der Waals surface area contributed by atoms with Crippen LogP contribution in [-0.2, 0) is 9.53 Å². The van der Waals surface area contributed by atoms with E-state index >= 15 is 0 Å². The van der Waals surface area contributed by atoms with Crippen molar-refractivity contribution in [2.24, 2.45) is 15.9 Å². The fourth-order valence-corrected chi connectivity index (χ4v) is 2.82. The summed E-state index contributed by atoms with van der Waals surface area (Å²) >= 11 is 0. The molecule has 23 heavy (non-hydrogen) atoms. The van der Waals surface area contributed by atoms with Crippen molar-refractivity contribution in [1.29, 1.82) is 0 Å². The third-order valence-corrected chi connectivity index (χ3v) is 3.86. The molecular weight excluding hydrogens is 290 g/mol. The minimum atomic E-state index is -0.313. The Morgan fingerprint density at radius 2 is 1.96 bits per heavy atom. The first kappa shape index (κ1) is 17.6. The predicted molar refractivity (Wildman–Crippen MR) is 92.8 cm³/mol. The minimum absolute atomic E-state index is 0.292. The van der Waals surface area contributed by atoms with Gasteiger partial charge < -0.3 is 9.53 Å². The summed E-state index contributed by atoms with van der Waals surface area (Å²) < 4.78 is 5.94. The quantitative estimate of drug-likeness (QED) is 0.749. The summed E-state index contributed by atoms with van der Waals surface area (Å²) in [6.07, 6.45) is 6.07. The number of Topliss-reactive ketones (excluding diaryl/α,β-unsaturated/α-hetero) is 1. The standard InChI is InChI=1S/C18H27N3O2/c1-14(22)12-15-6-10-21(11-7-15)13-16-17(23-18(2,3)4)20-9-5-8-19-16/h8-9,15H,6-7,10-13H2,1-4H3. The van der Waals surface area contributed by atoms with E-state index in [4.69, 9.17) is 4.74 Å². The zero-order chi connectivity index (χ0) is 16.9. The highest BCUT2D eigenvalue weighted by Gasteiger charge is 2.25. The summed E-state index contributed by atoms with van der Waals surface area (Å²) in [7, 11) is 0. The molecule has 0 aromatic carbocycles. The van der Waals surface area contributed by atoms with Gasteiger partial charge in [0.05, 0.1) is 12.4 Å². The number of ketones is 1. The Morgan fingerprint density at radius 1 is 1.30 bits per heavy atom. The molecule has 2 aliphatic rings. The molecule has 2 heterocycles. The fourth-order valence-electron chi connectivity index (χ4n) is 2.82. The number of ether oxygens (including phenoxy) is 1. The van der Waals surface area contributed by atoms with Gasteiger partial charge in [-0.15, -0.1) is 0 Å². The maximum Gasteiger partial charge on any atom is 0.238 e. The number of aliphatic imine (C=N–C) groups is 2. The normalized spacial score (nSPS) is 20.0. The van der Waals surface area contributed by atoms with E-state index in [0.717, 1.165) is 31.6 Å². The number of hydrogen-bond acceptors (Lipinski definition) is 5. The van der Waals surface area contributed by atoms with Crippen molar-refractivity contribution in [3.8, 4) is 0 Å². The summed E-state index contributed by atoms with van der Waals surface area (Å²) in [5.41, 5.74) is 3.42. The van der Waals surface area contributed by atoms with Crippen LogP contribution < -0.4 is 0 Å². The van der Waals surface area contributed by atoms with E-state index < -0.39 is 0 Å². The fraction of sp³-hybridized carbons (Fsp3) is 0.667. The van der Waals surface area contributed by atoms with Crippen molar-refractivity contribution in [3.05, 3.63) is 18.1 Å². The third kappa shape index (κ3) is 6.12. The zero-order valence-corrected chi connectivity index (χ0v) is 14.6. The van der Waals surface area contributed by atoms with Gasteiger partial charge in [0.15, 0.2) is 0 Å². The average molecular weight is 317 g/mol. The van der Waals surface area contributed by atoms with Gasteiger partial charge in [-0.1, -0.05) is 5.73 Å². The Morgan fingerprint density at radius 3 is 2.57 bits per heavy atom. The summed E-state index contributed by atoms with van der Waals surface area (Å²) in [6.45, 7) is 10.4. The lowest BCUT2D eigenvalue weighted by Gasteiger charge is -2.32. The Kier molecular flexibility index (Phi) is 5.91. The van der Waals surface area contributed by atoms with Crippen LogP contribution >= 0.6 is 0 Å². The molecule has 126 valence electrons. The molecule has 1 fully saturated rings. The molecule has 0 aliphatic carbocycles. The lowest BCUT2D eigenvalue weighted by Crippen LogP contribution is -2.41. The number of nitrogens with zero attached hydrogens (tertiary/aromatic N) is 3. The SMILES string of the molecule is CC(=O)CC1CCN(CC2=NC=C=CN=C2OC(C)(C)C)CC1. The van der Waals surface area contributed by atoms with Gasteiger partial charge in [0.2, 0.25) is 5.90 Å². The summed E-state index contributed by atoms with van der Waals surface area (Å²) in [5.74, 6) is 1.39. The third-order valence-electron chi connectivity index (χ3n) is 3.86. The van der Waals surface area contributed by atoms with Gasteiger partial charge >= 0.3 is 0 Å². The number of hydrogen-bond donors (Lipinski definition) is 0. The van der Waals surface area contributed by atoms with E-state index in [2.05, 4.69) is 20.6 Å². The summed E-state index contributed by atoms with van der Waals surface area (Å²) in [5, 5.41) is 0. The van der Waals surface area contributed by atoms with Crippen LogP contribution in [0.25, 0.3) is 0 Å². The Hall–Kier alpha value is -1.71. The highest BCUT2D eigenvalue weighted by atomic mass is 16.5. The number of carbonyl (C=O) groups excluding carboxylic acids is 1. The minimum Gasteiger partial charge on any atom is -0.471 e. The van der Waals surface area contributed by atoms with Crippen molar-refractivity contribution in [3.63, 3.8) is 0 Å². The van der Waals surface area contributed by atoms with Crippen molar-refractivity contribution >= 4 is 17.4 Å². The molecule has 2 rings (SSSR count). The highest BCUT2D eigenvalue weighted by Crippen LogP contribution is 2.21. The van der Waals surface area contributed by atoms with Crippen molar-refractivity contribution in [2.45, 2.75) is 52.6 Å². The van der Waals surface area contributed by atoms with E-state index in [0.29, 0.717) is 30.6 Å². The predicted octanol–water partition coefficient (Wildman–Crippen LogP) is 2.97. The first-order valence-electron chi connectivity index (χ1n) is 8.28. The van der Waals surface area contributed by atoms with Gasteiger partial charge in [-0.05, 0) is 59.5 Å². The van der Waals surface area contributed by atoms with Crippen molar-refractivity contribution in [2.75, 3.05) is 19.6 Å². The molecule has 1 saturated heterocycles. The van der Waals surface area contributed by atoms with E-state index in [1.807, 2.05) is 20.8 Å². The van der Waals surface area contributed by atoms with Crippen LogP contribution in [0.1, 0.15) is 47.0 Å². The molecule has 0 unspecified atom stereocenters. The van der Waals surface area contributed by atoms with Gasteiger partial charge in [-0.2, -0.15) is 0 Å². The van der Waals surface area contributed by atoms with E-state index in [1.165, 1.54) is 0 Å². The second kappa shape index (κ2) is 7.71. The molecule has 5 heteroatoms. The van der Waals surface area contributed by atoms with Crippen LogP contribution in [0.15, 0.2) is 28.1 Å². The van der Waals surface area contributed by atoms with Crippen LogP contribution in [0.4, 0.5) is 0 Å². The van der Waals surface area contributed by atoms with Crippen LogP contribution in [0.5, 0.6) is 0 Å². The van der Waals surface area contributed by atoms with Crippen LogP contribution in [-0.4, -0.2) is 47.5 Å². The zero-order valence-electron chi connectivity index (χ0n) is 14.6. The van der Waals surface area contributed by atoms with Crippen LogP contribution in [0.3, 0.4) is 0 Å². The molecule has 0 atom stereocenters. The molecule has 0 aromatic heterocycles. The van der Waals surface area contributed by atoms with Gasteiger partial charge in [0.25, 0.3) is 0 Å². The molecule has 0 saturated carbocycles. The first-order valence-corrected chi connectivity index (χ1v) is 8.28. The number of piperidine rings is 1. The van der Waals surface area contributed by atoms with Crippen LogP contribution in [0, 0.1) is 5.92 Å². The molecule has 2 aliphatic heterocycles.